The van der Waals surface area contributed by atoms with E-state index < -0.39 is 0 Å². The third-order valence-corrected chi connectivity index (χ3v) is 4.57. The molecule has 3 nitrogen and oxygen atoms in total. The van der Waals surface area contributed by atoms with E-state index in [1.54, 1.807) is 11.3 Å². The third-order valence-electron chi connectivity index (χ3n) is 3.84. The van der Waals surface area contributed by atoms with Crippen LogP contribution in [0, 0.1) is 0 Å². The Hall–Kier alpha value is -1.81. The lowest BCUT2D eigenvalue weighted by atomic mass is 9.97. The van der Waals surface area contributed by atoms with Gasteiger partial charge >= 0.3 is 0 Å². The molecule has 1 aromatic carbocycles. The van der Waals surface area contributed by atoms with Gasteiger partial charge < -0.3 is 10.6 Å². The summed E-state index contributed by atoms with van der Waals surface area (Å²) in [5.41, 5.74) is 4.37. The van der Waals surface area contributed by atoms with Crippen molar-refractivity contribution in [2.45, 2.75) is 32.2 Å². The van der Waals surface area contributed by atoms with Crippen LogP contribution in [-0.4, -0.2) is 18.5 Å². The summed E-state index contributed by atoms with van der Waals surface area (Å²) in [7, 11) is 0. The lowest BCUT2D eigenvalue weighted by Gasteiger charge is -2.21. The number of carbonyl (C=O) groups is 1. The average molecular weight is 300 g/mol. The smallest absolute Gasteiger partial charge is 0.251 e. The Morgan fingerprint density at radius 3 is 3.14 bits per heavy atom. The molecule has 1 aliphatic heterocycles. The van der Waals surface area contributed by atoms with Gasteiger partial charge in [0.2, 0.25) is 0 Å². The van der Waals surface area contributed by atoms with E-state index in [4.69, 9.17) is 0 Å². The van der Waals surface area contributed by atoms with Gasteiger partial charge in [-0.2, -0.15) is 11.3 Å². The van der Waals surface area contributed by atoms with Gasteiger partial charge in [-0.3, -0.25) is 4.79 Å². The molecule has 110 valence electrons. The summed E-state index contributed by atoms with van der Waals surface area (Å²) in [6, 6.07) is 8.19. The molecule has 0 radical (unpaired) electrons. The van der Waals surface area contributed by atoms with Gasteiger partial charge in [0.15, 0.2) is 0 Å². The highest BCUT2D eigenvalue weighted by Gasteiger charge is 2.18. The SMILES string of the molecule is CC(Cc1ccsc1)NC(=O)c1cccc2c1CCCN2. The normalized spacial score (nSPS) is 14.9. The van der Waals surface area contributed by atoms with Crippen LogP contribution in [0.4, 0.5) is 5.69 Å². The highest BCUT2D eigenvalue weighted by Crippen LogP contribution is 2.25. The maximum absolute atomic E-state index is 12.5. The van der Waals surface area contributed by atoms with Gasteiger partial charge in [-0.05, 0) is 66.3 Å². The fraction of sp³-hybridized carbons (Fsp3) is 0.353. The van der Waals surface area contributed by atoms with E-state index in [1.165, 1.54) is 5.56 Å². The Kier molecular flexibility index (Phi) is 4.25. The van der Waals surface area contributed by atoms with Gasteiger partial charge in [0, 0.05) is 23.8 Å². The second kappa shape index (κ2) is 6.31. The molecule has 21 heavy (non-hydrogen) atoms. The van der Waals surface area contributed by atoms with Gasteiger partial charge in [0.05, 0.1) is 0 Å². The van der Waals surface area contributed by atoms with Crippen LogP contribution in [0.1, 0.15) is 34.8 Å². The van der Waals surface area contributed by atoms with Crippen molar-refractivity contribution in [3.63, 3.8) is 0 Å². The zero-order chi connectivity index (χ0) is 14.7. The molecule has 0 spiro atoms. The van der Waals surface area contributed by atoms with E-state index >= 15 is 0 Å². The minimum Gasteiger partial charge on any atom is -0.385 e. The number of rotatable bonds is 4. The van der Waals surface area contributed by atoms with E-state index in [2.05, 4.69) is 40.5 Å². The summed E-state index contributed by atoms with van der Waals surface area (Å²) in [5, 5.41) is 10.7. The summed E-state index contributed by atoms with van der Waals surface area (Å²) in [6.07, 6.45) is 2.94. The molecule has 0 saturated carbocycles. The predicted molar refractivity (Wildman–Crippen MR) is 88.2 cm³/mol. The zero-order valence-electron chi connectivity index (χ0n) is 12.2. The van der Waals surface area contributed by atoms with Gasteiger partial charge in [0.25, 0.3) is 5.91 Å². The van der Waals surface area contributed by atoms with Crippen molar-refractivity contribution in [3.8, 4) is 0 Å². The van der Waals surface area contributed by atoms with Crippen LogP contribution < -0.4 is 10.6 Å². The molecule has 1 aliphatic rings. The highest BCUT2D eigenvalue weighted by molar-refractivity contribution is 7.07. The van der Waals surface area contributed by atoms with Crippen LogP contribution in [-0.2, 0) is 12.8 Å². The number of benzene rings is 1. The number of carbonyl (C=O) groups excluding carboxylic acids is 1. The first-order chi connectivity index (χ1) is 10.2. The van der Waals surface area contributed by atoms with E-state index in [1.807, 2.05) is 12.1 Å². The molecule has 2 heterocycles. The summed E-state index contributed by atoms with van der Waals surface area (Å²) < 4.78 is 0. The van der Waals surface area contributed by atoms with Crippen LogP contribution in [0.5, 0.6) is 0 Å². The van der Waals surface area contributed by atoms with Gasteiger partial charge in [-0.15, -0.1) is 0 Å². The quantitative estimate of drug-likeness (QED) is 0.908. The number of amides is 1. The molecule has 2 N–H and O–H groups in total. The molecule has 3 rings (SSSR count). The first-order valence-corrected chi connectivity index (χ1v) is 8.36. The van der Waals surface area contributed by atoms with Crippen molar-refractivity contribution in [1.29, 1.82) is 0 Å². The van der Waals surface area contributed by atoms with E-state index in [0.717, 1.165) is 42.6 Å². The van der Waals surface area contributed by atoms with Crippen molar-refractivity contribution in [2.75, 3.05) is 11.9 Å². The minimum absolute atomic E-state index is 0.0401. The van der Waals surface area contributed by atoms with Gasteiger partial charge in [0.1, 0.15) is 0 Å². The van der Waals surface area contributed by atoms with E-state index in [9.17, 15) is 4.79 Å². The Bertz CT molecular complexity index is 622. The van der Waals surface area contributed by atoms with Crippen molar-refractivity contribution in [1.82, 2.24) is 5.32 Å². The van der Waals surface area contributed by atoms with Gasteiger partial charge in [-0.1, -0.05) is 6.07 Å². The summed E-state index contributed by atoms with van der Waals surface area (Å²) >= 11 is 1.69. The molecule has 1 aromatic heterocycles. The van der Waals surface area contributed by atoms with Crippen molar-refractivity contribution in [3.05, 3.63) is 51.7 Å². The molecule has 1 amide bonds. The second-order valence-corrected chi connectivity index (χ2v) is 6.35. The monoisotopic (exact) mass is 300 g/mol. The molecule has 1 unspecified atom stereocenters. The molecule has 0 fully saturated rings. The van der Waals surface area contributed by atoms with E-state index in [-0.39, 0.29) is 11.9 Å². The first kappa shape index (κ1) is 14.1. The third kappa shape index (κ3) is 3.27. The number of nitrogens with one attached hydrogen (secondary N) is 2. The number of fused-ring (bicyclic) bond motifs is 1. The first-order valence-electron chi connectivity index (χ1n) is 7.42. The Morgan fingerprint density at radius 2 is 2.33 bits per heavy atom. The van der Waals surface area contributed by atoms with Crippen LogP contribution in [0.3, 0.4) is 0 Å². The molecule has 2 aromatic rings. The fourth-order valence-electron chi connectivity index (χ4n) is 2.84. The topological polar surface area (TPSA) is 41.1 Å². The molecule has 1 atom stereocenters. The number of thiophene rings is 1. The Labute approximate surface area is 129 Å². The fourth-order valence-corrected chi connectivity index (χ4v) is 3.52. The highest BCUT2D eigenvalue weighted by atomic mass is 32.1. The standard InChI is InChI=1S/C17H20N2OS/c1-12(10-13-7-9-21-11-13)19-17(20)15-4-2-6-16-14(15)5-3-8-18-16/h2,4,6-7,9,11-12,18H,3,5,8,10H2,1H3,(H,19,20). The summed E-state index contributed by atoms with van der Waals surface area (Å²) in [6.45, 7) is 3.05. The Morgan fingerprint density at radius 1 is 1.43 bits per heavy atom. The largest absolute Gasteiger partial charge is 0.385 e. The average Bonchev–Trinajstić information content (AvgIpc) is 2.99. The van der Waals surface area contributed by atoms with Crippen LogP contribution in [0.2, 0.25) is 0 Å². The van der Waals surface area contributed by atoms with Crippen LogP contribution in [0.25, 0.3) is 0 Å². The lowest BCUT2D eigenvalue weighted by molar-refractivity contribution is 0.0939. The molecular weight excluding hydrogens is 280 g/mol. The Balaban J connectivity index is 1.70. The van der Waals surface area contributed by atoms with Crippen LogP contribution >= 0.6 is 11.3 Å². The maximum atomic E-state index is 12.5. The van der Waals surface area contributed by atoms with Crippen LogP contribution in [0.15, 0.2) is 35.0 Å². The number of anilines is 1. The predicted octanol–water partition coefficient (Wildman–Crippen LogP) is 3.47. The second-order valence-electron chi connectivity index (χ2n) is 5.57. The van der Waals surface area contributed by atoms with Crippen molar-refractivity contribution >= 4 is 22.9 Å². The summed E-state index contributed by atoms with van der Waals surface area (Å²) in [5.74, 6) is 0.0401. The molecule has 0 saturated heterocycles. The molecule has 0 aliphatic carbocycles. The molecule has 4 heteroatoms. The maximum Gasteiger partial charge on any atom is 0.251 e. The molecular formula is C17H20N2OS. The zero-order valence-corrected chi connectivity index (χ0v) is 13.0. The van der Waals surface area contributed by atoms with E-state index in [0.29, 0.717) is 0 Å². The number of hydrogen-bond acceptors (Lipinski definition) is 3. The summed E-state index contributed by atoms with van der Waals surface area (Å²) in [4.78, 5) is 12.5. The van der Waals surface area contributed by atoms with Crippen molar-refractivity contribution < 1.29 is 4.79 Å². The number of hydrogen-bond donors (Lipinski definition) is 2. The minimum atomic E-state index is 0.0401. The van der Waals surface area contributed by atoms with Crippen molar-refractivity contribution in [2.24, 2.45) is 0 Å². The molecule has 0 bridgehead atoms. The van der Waals surface area contributed by atoms with Gasteiger partial charge in [-0.25, -0.2) is 0 Å². The lowest BCUT2D eigenvalue weighted by Crippen LogP contribution is -2.35.